The van der Waals surface area contributed by atoms with Gasteiger partial charge in [0.05, 0.1) is 6.20 Å². The molecule has 0 radical (unpaired) electrons. The highest BCUT2D eigenvalue weighted by Gasteiger charge is 3.04. The molecule has 0 saturated heterocycles. The molecule has 2 N–H and O–H groups in total. The van der Waals surface area contributed by atoms with E-state index in [2.05, 4.69) is 14.9 Å². The molecule has 0 spiro atoms. The fraction of sp³-hybridized carbons (Fsp3) is 0.727. The van der Waals surface area contributed by atoms with Crippen LogP contribution in [0.5, 0.6) is 0 Å². The van der Waals surface area contributed by atoms with Crippen molar-refractivity contribution in [2.75, 3.05) is 0 Å². The van der Waals surface area contributed by atoms with Crippen molar-refractivity contribution in [3.63, 3.8) is 0 Å². The summed E-state index contributed by atoms with van der Waals surface area (Å²) < 4.78 is 27.4. The maximum Gasteiger partial charge on any atom is 0.244 e. The van der Waals surface area contributed by atoms with E-state index < -0.39 is 10.0 Å². The molecule has 0 aromatic carbocycles. The summed E-state index contributed by atoms with van der Waals surface area (Å²) in [4.78, 5) is 0.270. The lowest BCUT2D eigenvalue weighted by Gasteiger charge is -3.07. The lowest BCUT2D eigenvalue weighted by molar-refractivity contribution is -0.576. The highest BCUT2D eigenvalue weighted by molar-refractivity contribution is 7.89. The van der Waals surface area contributed by atoms with Gasteiger partial charge in [-0.05, 0) is 41.4 Å². The Morgan fingerprint density at radius 1 is 1.18 bits per heavy atom. The van der Waals surface area contributed by atoms with E-state index in [1.165, 1.54) is 12.4 Å². The van der Waals surface area contributed by atoms with Crippen LogP contribution >= 0.6 is 0 Å². The van der Waals surface area contributed by atoms with Gasteiger partial charge in [-0.3, -0.25) is 5.10 Å². The van der Waals surface area contributed by atoms with Gasteiger partial charge in [-0.25, -0.2) is 13.1 Å². The third-order valence-electron chi connectivity index (χ3n) is 6.57. The van der Waals surface area contributed by atoms with E-state index in [-0.39, 0.29) is 10.4 Å². The van der Waals surface area contributed by atoms with Gasteiger partial charge < -0.3 is 0 Å². The van der Waals surface area contributed by atoms with Gasteiger partial charge in [0.25, 0.3) is 0 Å². The number of nitrogens with one attached hydrogen (secondary N) is 2. The first-order valence-corrected chi connectivity index (χ1v) is 7.69. The lowest BCUT2D eigenvalue weighted by Crippen LogP contribution is -3.11. The monoisotopic (exact) mass is 249 g/mol. The average molecular weight is 249 g/mol. The number of hydrogen-bond acceptors (Lipinski definition) is 3. The minimum atomic E-state index is -3.35. The van der Waals surface area contributed by atoms with E-state index in [9.17, 15) is 8.42 Å². The molecule has 1 heterocycles. The van der Waals surface area contributed by atoms with E-state index in [0.29, 0.717) is 17.8 Å². The molecule has 6 fully saturated rings. The van der Waals surface area contributed by atoms with Gasteiger partial charge in [0.2, 0.25) is 10.0 Å². The number of H-pyrrole nitrogens is 1. The molecular formula is C11H11N3O2S. The van der Waals surface area contributed by atoms with Crippen molar-refractivity contribution in [2.24, 2.45) is 41.4 Å². The summed E-state index contributed by atoms with van der Waals surface area (Å²) in [7, 11) is -3.35. The Bertz CT molecular complexity index is 614. The summed E-state index contributed by atoms with van der Waals surface area (Å²) in [5.41, 5.74) is -0.00907. The molecule has 17 heavy (non-hydrogen) atoms. The van der Waals surface area contributed by atoms with Gasteiger partial charge in [-0.1, -0.05) is 0 Å². The molecule has 7 rings (SSSR count). The van der Waals surface area contributed by atoms with Crippen molar-refractivity contribution in [1.82, 2.24) is 14.9 Å². The van der Waals surface area contributed by atoms with Gasteiger partial charge in [0.1, 0.15) is 4.90 Å². The summed E-state index contributed by atoms with van der Waals surface area (Å²) in [5, 5.41) is 6.28. The zero-order valence-corrected chi connectivity index (χ0v) is 9.68. The number of aromatic nitrogens is 2. The van der Waals surface area contributed by atoms with Crippen molar-refractivity contribution < 1.29 is 8.42 Å². The molecule has 88 valence electrons. The van der Waals surface area contributed by atoms with Crippen molar-refractivity contribution in [3.8, 4) is 0 Å². The second kappa shape index (κ2) is 1.87. The molecular weight excluding hydrogens is 238 g/mol. The molecule has 6 heteroatoms. The number of sulfonamides is 1. The Morgan fingerprint density at radius 3 is 2.35 bits per heavy atom. The van der Waals surface area contributed by atoms with Crippen molar-refractivity contribution >= 4 is 10.0 Å². The Morgan fingerprint density at radius 2 is 1.82 bits per heavy atom. The predicted molar refractivity (Wildman–Crippen MR) is 56.1 cm³/mol. The highest BCUT2D eigenvalue weighted by Crippen LogP contribution is 3.02. The van der Waals surface area contributed by atoms with E-state index >= 15 is 0 Å². The third kappa shape index (κ3) is 0.500. The SMILES string of the molecule is O=S(=O)(NC12C3C4C5C3C1C5C42)c1cn[nH]c1. The zero-order chi connectivity index (χ0) is 11.2. The van der Waals surface area contributed by atoms with Crippen molar-refractivity contribution in [2.45, 2.75) is 10.4 Å². The summed E-state index contributed by atoms with van der Waals surface area (Å²) >= 11 is 0. The van der Waals surface area contributed by atoms with Crippen molar-refractivity contribution in [3.05, 3.63) is 12.4 Å². The van der Waals surface area contributed by atoms with Crippen LogP contribution in [-0.2, 0) is 10.0 Å². The van der Waals surface area contributed by atoms with E-state index in [4.69, 9.17) is 0 Å². The molecule has 6 aliphatic rings. The standard InChI is InChI=1S/C11H11N3O2S/c15-17(16,3-1-12-13-2-3)14-11-8-5-4-6(8)10(11)7(4)9(5)11/h1-2,4-10,14H,(H,12,13). The first kappa shape index (κ1) is 8.26. The van der Waals surface area contributed by atoms with Gasteiger partial charge in [-0.15, -0.1) is 0 Å². The highest BCUT2D eigenvalue weighted by atomic mass is 32.2. The second-order valence-corrected chi connectivity index (χ2v) is 8.04. The van der Waals surface area contributed by atoms with Gasteiger partial charge >= 0.3 is 0 Å². The topological polar surface area (TPSA) is 74.8 Å². The van der Waals surface area contributed by atoms with Gasteiger partial charge in [-0.2, -0.15) is 5.10 Å². The molecule has 5 nitrogen and oxygen atoms in total. The molecule has 0 unspecified atom stereocenters. The van der Waals surface area contributed by atoms with Crippen LogP contribution in [-0.4, -0.2) is 24.2 Å². The number of aromatic amines is 1. The zero-order valence-electron chi connectivity index (χ0n) is 8.87. The van der Waals surface area contributed by atoms with Crippen LogP contribution in [0.4, 0.5) is 0 Å². The van der Waals surface area contributed by atoms with E-state index in [0.717, 1.165) is 23.7 Å². The smallest absolute Gasteiger partial charge is 0.244 e. The van der Waals surface area contributed by atoms with Crippen LogP contribution in [0.2, 0.25) is 0 Å². The normalized spacial score (nSPS) is 62.5. The largest absolute Gasteiger partial charge is 0.284 e. The van der Waals surface area contributed by atoms with Crippen LogP contribution in [0.15, 0.2) is 17.3 Å². The molecule has 1 aromatic rings. The summed E-state index contributed by atoms with van der Waals surface area (Å²) in [6.07, 6.45) is 2.83. The molecule has 0 aliphatic heterocycles. The Balaban J connectivity index is 1.40. The molecule has 0 amide bonds. The maximum atomic E-state index is 12.2. The van der Waals surface area contributed by atoms with Crippen molar-refractivity contribution in [1.29, 1.82) is 0 Å². The Kier molecular flexibility index (Phi) is 0.910. The van der Waals surface area contributed by atoms with Crippen LogP contribution in [0.25, 0.3) is 0 Å². The third-order valence-corrected chi connectivity index (χ3v) is 8.04. The van der Waals surface area contributed by atoms with E-state index in [1.54, 1.807) is 0 Å². The summed E-state index contributed by atoms with van der Waals surface area (Å²) in [6.45, 7) is 0. The number of nitrogens with zero attached hydrogens (tertiary/aromatic N) is 1. The Labute approximate surface area is 98.0 Å². The van der Waals surface area contributed by atoms with Crippen LogP contribution in [0, 0.1) is 41.4 Å². The average Bonchev–Trinajstić information content (AvgIpc) is 2.83. The minimum absolute atomic E-state index is 0.00907. The second-order valence-electron chi connectivity index (χ2n) is 6.36. The number of rotatable bonds is 3. The van der Waals surface area contributed by atoms with Crippen LogP contribution in [0.3, 0.4) is 0 Å². The molecule has 6 saturated carbocycles. The Hall–Kier alpha value is -0.880. The fourth-order valence-electron chi connectivity index (χ4n) is 6.31. The molecule has 1 aromatic heterocycles. The minimum Gasteiger partial charge on any atom is -0.284 e. The summed E-state index contributed by atoms with van der Waals surface area (Å²) in [6, 6.07) is 0. The predicted octanol–water partition coefficient (Wildman–Crippen LogP) is -0.192. The van der Waals surface area contributed by atoms with Crippen LogP contribution in [0.1, 0.15) is 0 Å². The maximum absolute atomic E-state index is 12.2. The molecule has 6 aliphatic carbocycles. The first-order chi connectivity index (χ1) is 8.18. The molecule has 0 bridgehead atoms. The first-order valence-electron chi connectivity index (χ1n) is 6.21. The van der Waals surface area contributed by atoms with Gasteiger partial charge in [0.15, 0.2) is 0 Å². The van der Waals surface area contributed by atoms with Crippen LogP contribution < -0.4 is 4.72 Å². The summed E-state index contributed by atoms with van der Waals surface area (Å²) in [5.74, 6) is 5.75. The molecule has 0 atom stereocenters. The van der Waals surface area contributed by atoms with E-state index in [1.807, 2.05) is 0 Å². The quantitative estimate of drug-likeness (QED) is 0.779. The number of hydrogen-bond donors (Lipinski definition) is 2. The fourth-order valence-corrected chi connectivity index (χ4v) is 7.70. The lowest BCUT2D eigenvalue weighted by atomic mass is 8.99. The van der Waals surface area contributed by atoms with Gasteiger partial charge in [0, 0.05) is 11.7 Å².